The smallest absolute Gasteiger partial charge is 0.306 e. The van der Waals surface area contributed by atoms with Crippen LogP contribution in [0.2, 0.25) is 10.0 Å². The van der Waals surface area contributed by atoms with E-state index in [1.54, 1.807) is 0 Å². The third kappa shape index (κ3) is 4.91. The molecule has 2 aromatic rings. The van der Waals surface area contributed by atoms with Crippen molar-refractivity contribution in [3.05, 3.63) is 50.2 Å². The molecule has 1 N–H and O–H groups in total. The molecule has 2 heterocycles. The molecule has 0 bridgehead atoms. The first-order valence-electron chi connectivity index (χ1n) is 9.14. The van der Waals surface area contributed by atoms with Crippen LogP contribution in [0.3, 0.4) is 0 Å². The normalized spacial score (nSPS) is 15.1. The second-order valence-corrected chi connectivity index (χ2v) is 9.42. The number of piperidine rings is 1. The van der Waals surface area contributed by atoms with E-state index in [4.69, 9.17) is 23.2 Å². The van der Waals surface area contributed by atoms with Gasteiger partial charge in [-0.3, -0.25) is 19.6 Å². The largest absolute Gasteiger partial charge is 0.350 e. The Kier molecular flexibility index (Phi) is 6.96. The van der Waals surface area contributed by atoms with Crippen molar-refractivity contribution in [3.8, 4) is 0 Å². The van der Waals surface area contributed by atoms with E-state index in [1.165, 1.54) is 27.3 Å². The molecule has 0 aliphatic carbocycles. The maximum Gasteiger partial charge on any atom is 0.306 e. The number of rotatable bonds is 7. The van der Waals surface area contributed by atoms with Crippen LogP contribution in [0, 0.1) is 10.1 Å². The molecule has 0 unspecified atom stereocenters. The molecule has 3 rings (SSSR count). The number of halogens is 2. The van der Waals surface area contributed by atoms with Crippen molar-refractivity contribution in [1.82, 2.24) is 19.4 Å². The number of carbonyl (C=O) groups is 1. The molecule has 0 spiro atoms. The average molecular weight is 476 g/mol. The second kappa shape index (κ2) is 9.29. The molecule has 10 nitrogen and oxygen atoms in total. The highest BCUT2D eigenvalue weighted by Crippen LogP contribution is 2.31. The maximum atomic E-state index is 13.0. The first kappa shape index (κ1) is 22.5. The van der Waals surface area contributed by atoms with Crippen LogP contribution in [0.4, 0.5) is 5.69 Å². The van der Waals surface area contributed by atoms with E-state index in [0.29, 0.717) is 13.1 Å². The minimum atomic E-state index is -3.85. The number of nitrogens with zero attached hydrogens (tertiary/aromatic N) is 4. The number of benzene rings is 1. The van der Waals surface area contributed by atoms with Gasteiger partial charge in [0.05, 0.1) is 27.1 Å². The Balaban J connectivity index is 1.73. The van der Waals surface area contributed by atoms with Gasteiger partial charge in [-0.2, -0.15) is 9.40 Å². The van der Waals surface area contributed by atoms with Gasteiger partial charge < -0.3 is 5.32 Å². The molecule has 1 amide bonds. The summed E-state index contributed by atoms with van der Waals surface area (Å²) in [5, 5.41) is 17.1. The number of hydrogen-bond donors (Lipinski definition) is 1. The van der Waals surface area contributed by atoms with Gasteiger partial charge in [-0.1, -0.05) is 29.6 Å². The van der Waals surface area contributed by atoms with Gasteiger partial charge >= 0.3 is 5.69 Å². The van der Waals surface area contributed by atoms with E-state index in [-0.39, 0.29) is 39.3 Å². The van der Waals surface area contributed by atoms with Gasteiger partial charge in [0.15, 0.2) is 0 Å². The Bertz CT molecular complexity index is 1070. The molecule has 1 saturated heterocycles. The van der Waals surface area contributed by atoms with Crippen LogP contribution in [0.5, 0.6) is 0 Å². The number of aromatic nitrogens is 2. The minimum Gasteiger partial charge on any atom is -0.350 e. The Morgan fingerprint density at radius 1 is 1.20 bits per heavy atom. The summed E-state index contributed by atoms with van der Waals surface area (Å²) in [6.07, 6.45) is 4.85. The number of sulfonamides is 1. The van der Waals surface area contributed by atoms with Gasteiger partial charge in [-0.15, -0.1) is 0 Å². The van der Waals surface area contributed by atoms with Gasteiger partial charge in [0.2, 0.25) is 10.0 Å². The van der Waals surface area contributed by atoms with Gasteiger partial charge in [0.1, 0.15) is 17.3 Å². The van der Waals surface area contributed by atoms with Crippen molar-refractivity contribution in [2.75, 3.05) is 19.6 Å². The van der Waals surface area contributed by atoms with E-state index in [2.05, 4.69) is 10.4 Å². The first-order valence-corrected chi connectivity index (χ1v) is 11.3. The van der Waals surface area contributed by atoms with Crippen molar-refractivity contribution < 1.29 is 18.1 Å². The fourth-order valence-electron chi connectivity index (χ4n) is 3.09. The molecule has 13 heteroatoms. The molecular formula is C17H19Cl2N5O5S. The Hall–Kier alpha value is -2.21. The van der Waals surface area contributed by atoms with E-state index in [0.717, 1.165) is 25.5 Å². The predicted octanol–water partition coefficient (Wildman–Crippen LogP) is 2.70. The maximum absolute atomic E-state index is 13.0. The molecule has 1 fully saturated rings. The summed E-state index contributed by atoms with van der Waals surface area (Å²) in [6.45, 7) is 1.09. The second-order valence-electron chi connectivity index (χ2n) is 6.70. The summed E-state index contributed by atoms with van der Waals surface area (Å²) < 4.78 is 28.6. The zero-order valence-electron chi connectivity index (χ0n) is 15.8. The van der Waals surface area contributed by atoms with Crippen LogP contribution < -0.4 is 5.32 Å². The van der Waals surface area contributed by atoms with E-state index >= 15 is 0 Å². The van der Waals surface area contributed by atoms with Crippen LogP contribution in [0.15, 0.2) is 29.4 Å². The highest BCUT2D eigenvalue weighted by atomic mass is 35.5. The number of hydrogen-bond acceptors (Lipinski definition) is 6. The standard InChI is InChI=1S/C17H19Cl2N5O5S/c18-14-9-15(19)16(30(28,29)23-5-2-1-3-6-23)8-13(14)17(25)20-4-7-22-11-12(10-21-22)24(26)27/h8-11H,1-7H2,(H,20,25). The number of carbonyl (C=O) groups excluding carboxylic acids is 1. The van der Waals surface area contributed by atoms with Crippen LogP contribution in [-0.2, 0) is 16.6 Å². The van der Waals surface area contributed by atoms with Crippen LogP contribution in [0.1, 0.15) is 29.6 Å². The Labute approximate surface area is 183 Å². The van der Waals surface area contributed by atoms with Crippen molar-refractivity contribution in [2.45, 2.75) is 30.7 Å². The predicted molar refractivity (Wildman–Crippen MR) is 110 cm³/mol. The molecule has 1 aromatic heterocycles. The molecule has 30 heavy (non-hydrogen) atoms. The fourth-order valence-corrected chi connectivity index (χ4v) is 5.44. The van der Waals surface area contributed by atoms with Crippen molar-refractivity contribution >= 4 is 44.8 Å². The summed E-state index contributed by atoms with van der Waals surface area (Å²) in [6, 6.07) is 2.43. The van der Waals surface area contributed by atoms with Crippen LogP contribution >= 0.6 is 23.2 Å². The third-order valence-corrected chi connectivity index (χ3v) is 7.33. The van der Waals surface area contributed by atoms with Gasteiger partial charge in [0, 0.05) is 19.6 Å². The zero-order valence-corrected chi connectivity index (χ0v) is 18.1. The lowest BCUT2D eigenvalue weighted by molar-refractivity contribution is -0.385. The Morgan fingerprint density at radius 3 is 2.53 bits per heavy atom. The SMILES string of the molecule is O=C(NCCn1cc([N+](=O)[O-])cn1)c1cc(S(=O)(=O)N2CCCCC2)c(Cl)cc1Cl. The Morgan fingerprint density at radius 2 is 1.90 bits per heavy atom. The van der Waals surface area contributed by atoms with Gasteiger partial charge in [-0.05, 0) is 25.0 Å². The van der Waals surface area contributed by atoms with Gasteiger partial charge in [-0.25, -0.2) is 8.42 Å². The zero-order chi connectivity index (χ0) is 21.9. The van der Waals surface area contributed by atoms with Crippen LogP contribution in [-0.4, -0.2) is 53.0 Å². The number of nitro groups is 1. The van der Waals surface area contributed by atoms with Crippen molar-refractivity contribution in [3.63, 3.8) is 0 Å². The third-order valence-electron chi connectivity index (χ3n) is 4.66. The lowest BCUT2D eigenvalue weighted by Crippen LogP contribution is -2.36. The summed E-state index contributed by atoms with van der Waals surface area (Å²) >= 11 is 12.3. The molecule has 0 radical (unpaired) electrons. The van der Waals surface area contributed by atoms with E-state index in [1.807, 2.05) is 0 Å². The lowest BCUT2D eigenvalue weighted by atomic mass is 10.2. The molecule has 1 aliphatic heterocycles. The average Bonchev–Trinajstić information content (AvgIpc) is 3.17. The molecule has 1 aromatic carbocycles. The molecule has 0 saturated carbocycles. The summed E-state index contributed by atoms with van der Waals surface area (Å²) in [5.74, 6) is -0.589. The number of amides is 1. The molecular weight excluding hydrogens is 457 g/mol. The van der Waals surface area contributed by atoms with Crippen LogP contribution in [0.25, 0.3) is 0 Å². The highest BCUT2D eigenvalue weighted by Gasteiger charge is 2.29. The quantitative estimate of drug-likeness (QED) is 0.484. The van der Waals surface area contributed by atoms with E-state index in [9.17, 15) is 23.3 Å². The molecule has 1 aliphatic rings. The monoisotopic (exact) mass is 475 g/mol. The lowest BCUT2D eigenvalue weighted by Gasteiger charge is -2.26. The summed E-state index contributed by atoms with van der Waals surface area (Å²) in [5.41, 5.74) is -0.183. The first-order chi connectivity index (χ1) is 14.2. The van der Waals surface area contributed by atoms with Crippen molar-refractivity contribution in [2.24, 2.45) is 0 Å². The molecule has 162 valence electrons. The van der Waals surface area contributed by atoms with Gasteiger partial charge in [0.25, 0.3) is 5.91 Å². The van der Waals surface area contributed by atoms with E-state index < -0.39 is 20.9 Å². The summed E-state index contributed by atoms with van der Waals surface area (Å²) in [7, 11) is -3.85. The fraction of sp³-hybridized carbons (Fsp3) is 0.412. The molecule has 0 atom stereocenters. The minimum absolute atomic E-state index is 0.0184. The summed E-state index contributed by atoms with van der Waals surface area (Å²) in [4.78, 5) is 22.5. The highest BCUT2D eigenvalue weighted by molar-refractivity contribution is 7.89. The number of nitrogens with one attached hydrogen (secondary N) is 1. The topological polar surface area (TPSA) is 127 Å². The van der Waals surface area contributed by atoms with Crippen molar-refractivity contribution in [1.29, 1.82) is 0 Å².